The fourth-order valence-corrected chi connectivity index (χ4v) is 1.77. The van der Waals surface area contributed by atoms with Gasteiger partial charge in [-0.2, -0.15) is 0 Å². The van der Waals surface area contributed by atoms with Crippen LogP contribution in [0.5, 0.6) is 0 Å². The zero-order chi connectivity index (χ0) is 11.8. The molecule has 86 valence electrons. The number of halogens is 1. The van der Waals surface area contributed by atoms with E-state index in [0.717, 1.165) is 12.8 Å². The number of carbonyl (C=O) groups is 1. The molecule has 1 aliphatic carbocycles. The fraction of sp³-hybridized carbons (Fsp3) is 0.364. The van der Waals surface area contributed by atoms with Crippen LogP contribution < -0.4 is 11.1 Å². The molecule has 2 rings (SSSR count). The molecule has 4 N–H and O–H groups in total. The summed E-state index contributed by atoms with van der Waals surface area (Å²) in [5.41, 5.74) is 6.04. The number of nitrogen functional groups attached to an aromatic ring is 1. The van der Waals surface area contributed by atoms with Crippen LogP contribution in [0.15, 0.2) is 18.2 Å². The van der Waals surface area contributed by atoms with Gasteiger partial charge < -0.3 is 16.2 Å². The van der Waals surface area contributed by atoms with E-state index in [1.807, 2.05) is 0 Å². The van der Waals surface area contributed by atoms with E-state index >= 15 is 0 Å². The van der Waals surface area contributed by atoms with Gasteiger partial charge in [-0.05, 0) is 31.0 Å². The summed E-state index contributed by atoms with van der Waals surface area (Å²) < 4.78 is 0. The third-order valence-electron chi connectivity index (χ3n) is 2.72. The minimum atomic E-state index is -0.422. The Kier molecular flexibility index (Phi) is 2.78. The van der Waals surface area contributed by atoms with Crippen LogP contribution in [0, 0.1) is 0 Å². The molecule has 4 nitrogen and oxygen atoms in total. The SMILES string of the molecule is Nc1cc(Cl)cc(C(=O)NC2(CO)CC2)c1. The first-order chi connectivity index (χ1) is 7.54. The van der Waals surface area contributed by atoms with E-state index < -0.39 is 5.54 Å². The summed E-state index contributed by atoms with van der Waals surface area (Å²) in [5, 5.41) is 12.3. The number of carbonyl (C=O) groups excluding carboxylic acids is 1. The summed E-state index contributed by atoms with van der Waals surface area (Å²) in [7, 11) is 0. The second-order valence-electron chi connectivity index (χ2n) is 4.17. The Morgan fingerprint density at radius 3 is 2.69 bits per heavy atom. The Morgan fingerprint density at radius 1 is 1.50 bits per heavy atom. The lowest BCUT2D eigenvalue weighted by molar-refractivity contribution is 0.0907. The largest absolute Gasteiger partial charge is 0.399 e. The number of nitrogens with two attached hydrogens (primary N) is 1. The molecule has 1 amide bonds. The second-order valence-corrected chi connectivity index (χ2v) is 4.60. The van der Waals surface area contributed by atoms with Gasteiger partial charge in [0.1, 0.15) is 0 Å². The van der Waals surface area contributed by atoms with Crippen LogP contribution in [0.1, 0.15) is 23.2 Å². The summed E-state index contributed by atoms with van der Waals surface area (Å²) in [4.78, 5) is 11.8. The molecule has 0 bridgehead atoms. The van der Waals surface area contributed by atoms with E-state index in [-0.39, 0.29) is 12.5 Å². The van der Waals surface area contributed by atoms with Crippen molar-refractivity contribution in [3.05, 3.63) is 28.8 Å². The van der Waals surface area contributed by atoms with E-state index in [4.69, 9.17) is 22.4 Å². The lowest BCUT2D eigenvalue weighted by Gasteiger charge is -2.14. The molecule has 0 heterocycles. The van der Waals surface area contributed by atoms with Gasteiger partial charge in [-0.15, -0.1) is 0 Å². The number of nitrogens with one attached hydrogen (secondary N) is 1. The lowest BCUT2D eigenvalue weighted by atomic mass is 10.1. The van der Waals surface area contributed by atoms with E-state index in [1.54, 1.807) is 18.2 Å². The number of aliphatic hydroxyl groups is 1. The summed E-state index contributed by atoms with van der Waals surface area (Å²) >= 11 is 5.81. The highest BCUT2D eigenvalue weighted by Crippen LogP contribution is 2.34. The zero-order valence-corrected chi connectivity index (χ0v) is 9.42. The second kappa shape index (κ2) is 3.96. The molecule has 0 aromatic heterocycles. The standard InChI is InChI=1S/C11H13ClN2O2/c12-8-3-7(4-9(13)5-8)10(16)14-11(6-15)1-2-11/h3-5,15H,1-2,6,13H2,(H,14,16). The van der Waals surface area contributed by atoms with Gasteiger partial charge in [0.25, 0.3) is 5.91 Å². The molecule has 1 fully saturated rings. The van der Waals surface area contributed by atoms with Crippen molar-refractivity contribution in [1.82, 2.24) is 5.32 Å². The first-order valence-electron chi connectivity index (χ1n) is 5.04. The maximum absolute atomic E-state index is 11.8. The Hall–Kier alpha value is -1.26. The van der Waals surface area contributed by atoms with Gasteiger partial charge in [0, 0.05) is 16.3 Å². The van der Waals surface area contributed by atoms with Gasteiger partial charge in [-0.1, -0.05) is 11.6 Å². The van der Waals surface area contributed by atoms with Gasteiger partial charge in [0.05, 0.1) is 12.1 Å². The molecule has 0 spiro atoms. The predicted molar refractivity (Wildman–Crippen MR) is 62.4 cm³/mol. The Labute approximate surface area is 98.4 Å². The lowest BCUT2D eigenvalue weighted by Crippen LogP contribution is -2.39. The van der Waals surface area contributed by atoms with E-state index in [9.17, 15) is 4.79 Å². The van der Waals surface area contributed by atoms with Gasteiger partial charge >= 0.3 is 0 Å². The molecule has 0 radical (unpaired) electrons. The van der Waals surface area contributed by atoms with Crippen LogP contribution in [0.2, 0.25) is 5.02 Å². The van der Waals surface area contributed by atoms with Crippen LogP contribution >= 0.6 is 11.6 Å². The van der Waals surface area contributed by atoms with Crippen molar-refractivity contribution in [1.29, 1.82) is 0 Å². The number of hydrogen-bond donors (Lipinski definition) is 3. The highest BCUT2D eigenvalue weighted by molar-refractivity contribution is 6.31. The van der Waals surface area contributed by atoms with Gasteiger partial charge in [0.15, 0.2) is 0 Å². The molecule has 5 heteroatoms. The summed E-state index contributed by atoms with van der Waals surface area (Å²) in [5.74, 6) is -0.249. The van der Waals surface area contributed by atoms with E-state index in [2.05, 4.69) is 5.32 Å². The van der Waals surface area contributed by atoms with E-state index in [1.165, 1.54) is 0 Å². The van der Waals surface area contributed by atoms with Gasteiger partial charge in [-0.3, -0.25) is 4.79 Å². The van der Waals surface area contributed by atoms with E-state index in [0.29, 0.717) is 16.3 Å². The Bertz CT molecular complexity index is 410. The van der Waals surface area contributed by atoms with Crippen LogP contribution in [0.3, 0.4) is 0 Å². The number of anilines is 1. The molecular formula is C11H13ClN2O2. The highest BCUT2D eigenvalue weighted by Gasteiger charge is 2.43. The third kappa shape index (κ3) is 2.28. The molecule has 16 heavy (non-hydrogen) atoms. The van der Waals surface area contributed by atoms with Crippen LogP contribution in [-0.4, -0.2) is 23.2 Å². The summed E-state index contributed by atoms with van der Waals surface area (Å²) in [6, 6.07) is 4.70. The molecule has 0 unspecified atom stereocenters. The topological polar surface area (TPSA) is 75.4 Å². The molecule has 1 aromatic rings. The maximum Gasteiger partial charge on any atom is 0.251 e. The Morgan fingerprint density at radius 2 is 2.19 bits per heavy atom. The first kappa shape index (κ1) is 11.2. The molecule has 0 atom stereocenters. The molecule has 0 saturated heterocycles. The van der Waals surface area contributed by atoms with Gasteiger partial charge in [-0.25, -0.2) is 0 Å². The molecule has 0 aliphatic heterocycles. The monoisotopic (exact) mass is 240 g/mol. The van der Waals surface area contributed by atoms with Crippen molar-refractivity contribution >= 4 is 23.2 Å². The van der Waals surface area contributed by atoms with Gasteiger partial charge in [0.2, 0.25) is 0 Å². The average molecular weight is 241 g/mol. The van der Waals surface area contributed by atoms with Crippen LogP contribution in [-0.2, 0) is 0 Å². The summed E-state index contributed by atoms with van der Waals surface area (Å²) in [6.45, 7) is -0.0329. The van der Waals surface area contributed by atoms with Crippen LogP contribution in [0.4, 0.5) is 5.69 Å². The molecule has 1 aliphatic rings. The molecule has 1 saturated carbocycles. The number of hydrogen-bond acceptors (Lipinski definition) is 3. The highest BCUT2D eigenvalue weighted by atomic mass is 35.5. The van der Waals surface area contributed by atoms with Crippen molar-refractivity contribution in [2.45, 2.75) is 18.4 Å². The van der Waals surface area contributed by atoms with Crippen molar-refractivity contribution in [2.24, 2.45) is 0 Å². The van der Waals surface area contributed by atoms with Crippen molar-refractivity contribution in [3.63, 3.8) is 0 Å². The number of amides is 1. The number of benzene rings is 1. The van der Waals surface area contributed by atoms with Crippen LogP contribution in [0.25, 0.3) is 0 Å². The fourth-order valence-electron chi connectivity index (χ4n) is 1.53. The van der Waals surface area contributed by atoms with Crippen molar-refractivity contribution in [2.75, 3.05) is 12.3 Å². The smallest absolute Gasteiger partial charge is 0.251 e. The number of rotatable bonds is 3. The minimum absolute atomic E-state index is 0.0329. The average Bonchev–Trinajstić information content (AvgIpc) is 2.97. The third-order valence-corrected chi connectivity index (χ3v) is 2.94. The quantitative estimate of drug-likeness (QED) is 0.695. The normalized spacial score (nSPS) is 16.9. The minimum Gasteiger partial charge on any atom is -0.399 e. The number of aliphatic hydroxyl groups excluding tert-OH is 1. The van der Waals surface area contributed by atoms with Crippen molar-refractivity contribution in [3.8, 4) is 0 Å². The molecule has 1 aromatic carbocycles. The maximum atomic E-state index is 11.8. The van der Waals surface area contributed by atoms with Crippen molar-refractivity contribution < 1.29 is 9.90 Å². The predicted octanol–water partition coefficient (Wildman–Crippen LogP) is 1.18. The summed E-state index contributed by atoms with van der Waals surface area (Å²) in [6.07, 6.45) is 1.62. The first-order valence-corrected chi connectivity index (χ1v) is 5.42. The Balaban J connectivity index is 2.14. The molecular weight excluding hydrogens is 228 g/mol. The zero-order valence-electron chi connectivity index (χ0n) is 8.66.